The topological polar surface area (TPSA) is 104 Å². The first-order valence-electron chi connectivity index (χ1n) is 11.9. The van der Waals surface area contributed by atoms with Crippen molar-refractivity contribution in [2.24, 2.45) is 5.92 Å². The fraction of sp³-hybridized carbons (Fsp3) is 0.462. The van der Waals surface area contributed by atoms with Crippen LogP contribution in [0.1, 0.15) is 58.4 Å². The zero-order valence-electron chi connectivity index (χ0n) is 20.4. The standard InChI is InChI=1S/C26H34FN3O4S/c1-26(2,3)30-35(33,34)23-15-14-20(17-21(23)27)28-25(32)22(16-18-10-6-4-7-11-18)29-24(31)19-12-8-5-9-13-19/h4,6-7,10-11,14-15,17,19,22,30H,5,8-9,12-13,16H2,1-3H3,(H,28,32)(H,29,31)/t22-/m0/s1. The summed E-state index contributed by atoms with van der Waals surface area (Å²) in [6, 6.07) is 11.9. The molecule has 1 fully saturated rings. The van der Waals surface area contributed by atoms with E-state index < -0.39 is 38.2 Å². The van der Waals surface area contributed by atoms with Gasteiger partial charge in [-0.2, -0.15) is 0 Å². The molecule has 0 aromatic heterocycles. The maximum absolute atomic E-state index is 14.7. The van der Waals surface area contributed by atoms with Crippen molar-refractivity contribution in [3.05, 3.63) is 59.9 Å². The predicted octanol–water partition coefficient (Wildman–Crippen LogP) is 4.15. The van der Waals surface area contributed by atoms with E-state index in [2.05, 4.69) is 15.4 Å². The molecular formula is C26H34FN3O4S. The van der Waals surface area contributed by atoms with Gasteiger partial charge >= 0.3 is 0 Å². The average molecular weight is 504 g/mol. The minimum absolute atomic E-state index is 0.104. The number of amides is 2. The highest BCUT2D eigenvalue weighted by Gasteiger charge is 2.28. The Kier molecular flexibility index (Phi) is 8.66. The number of nitrogens with one attached hydrogen (secondary N) is 3. The van der Waals surface area contributed by atoms with Crippen LogP contribution in [-0.2, 0) is 26.0 Å². The van der Waals surface area contributed by atoms with E-state index in [-0.39, 0.29) is 23.9 Å². The second-order valence-corrected chi connectivity index (χ2v) is 11.7. The first kappa shape index (κ1) is 26.8. The van der Waals surface area contributed by atoms with E-state index in [0.717, 1.165) is 49.8 Å². The van der Waals surface area contributed by atoms with E-state index in [1.165, 1.54) is 6.07 Å². The van der Waals surface area contributed by atoms with Crippen molar-refractivity contribution in [1.82, 2.24) is 10.0 Å². The van der Waals surface area contributed by atoms with Gasteiger partial charge in [-0.25, -0.2) is 17.5 Å². The molecule has 3 rings (SSSR count). The quantitative estimate of drug-likeness (QED) is 0.503. The van der Waals surface area contributed by atoms with Crippen molar-refractivity contribution >= 4 is 27.5 Å². The Hall–Kier alpha value is -2.78. The highest BCUT2D eigenvalue weighted by Crippen LogP contribution is 2.24. The van der Waals surface area contributed by atoms with Gasteiger partial charge in [0.15, 0.2) is 0 Å². The molecule has 1 aliphatic rings. The van der Waals surface area contributed by atoms with Crippen molar-refractivity contribution < 1.29 is 22.4 Å². The second-order valence-electron chi connectivity index (χ2n) is 10.1. The van der Waals surface area contributed by atoms with Crippen LogP contribution in [0.2, 0.25) is 0 Å². The van der Waals surface area contributed by atoms with Gasteiger partial charge in [-0.15, -0.1) is 0 Å². The van der Waals surface area contributed by atoms with E-state index in [0.29, 0.717) is 0 Å². The molecule has 35 heavy (non-hydrogen) atoms. The van der Waals surface area contributed by atoms with Gasteiger partial charge in [0.05, 0.1) is 0 Å². The van der Waals surface area contributed by atoms with Crippen LogP contribution in [-0.4, -0.2) is 31.8 Å². The number of benzene rings is 2. The molecule has 0 saturated heterocycles. The zero-order chi connectivity index (χ0) is 25.6. The van der Waals surface area contributed by atoms with Gasteiger partial charge in [0.2, 0.25) is 21.8 Å². The molecule has 1 aliphatic carbocycles. The van der Waals surface area contributed by atoms with Gasteiger partial charge in [0.25, 0.3) is 0 Å². The summed E-state index contributed by atoms with van der Waals surface area (Å²) >= 11 is 0. The highest BCUT2D eigenvalue weighted by molar-refractivity contribution is 7.89. The van der Waals surface area contributed by atoms with Crippen molar-refractivity contribution in [1.29, 1.82) is 0 Å². The van der Waals surface area contributed by atoms with Crippen LogP contribution >= 0.6 is 0 Å². The normalized spacial score (nSPS) is 15.9. The molecule has 0 spiro atoms. The number of halogens is 1. The predicted molar refractivity (Wildman–Crippen MR) is 134 cm³/mol. The Morgan fingerprint density at radius 1 is 1.03 bits per heavy atom. The highest BCUT2D eigenvalue weighted by atomic mass is 32.2. The third kappa shape index (κ3) is 7.86. The summed E-state index contributed by atoms with van der Waals surface area (Å²) in [6.45, 7) is 4.97. The summed E-state index contributed by atoms with van der Waals surface area (Å²) in [5, 5.41) is 5.51. The molecule has 0 radical (unpaired) electrons. The SMILES string of the molecule is CC(C)(C)NS(=O)(=O)c1ccc(NC(=O)[C@H](Cc2ccccc2)NC(=O)C2CCCCC2)cc1F. The number of rotatable bonds is 8. The van der Waals surface area contributed by atoms with Gasteiger partial charge in [0.1, 0.15) is 16.8 Å². The molecule has 0 heterocycles. The maximum atomic E-state index is 14.7. The lowest BCUT2D eigenvalue weighted by atomic mass is 9.88. The van der Waals surface area contributed by atoms with Crippen molar-refractivity contribution in [3.63, 3.8) is 0 Å². The van der Waals surface area contributed by atoms with E-state index in [4.69, 9.17) is 0 Å². The minimum atomic E-state index is -4.07. The molecule has 2 aromatic carbocycles. The Morgan fingerprint density at radius 3 is 2.29 bits per heavy atom. The Morgan fingerprint density at radius 2 is 1.69 bits per heavy atom. The van der Waals surface area contributed by atoms with Crippen LogP contribution in [0.15, 0.2) is 53.4 Å². The van der Waals surface area contributed by atoms with Crippen molar-refractivity contribution in [2.45, 2.75) is 75.8 Å². The van der Waals surface area contributed by atoms with Crippen molar-refractivity contribution in [3.8, 4) is 0 Å². The van der Waals surface area contributed by atoms with E-state index in [1.807, 2.05) is 30.3 Å². The molecule has 0 unspecified atom stereocenters. The van der Waals surface area contributed by atoms with E-state index in [9.17, 15) is 22.4 Å². The Bertz CT molecular complexity index is 1140. The molecule has 0 bridgehead atoms. The Labute approximate surface area is 206 Å². The molecular weight excluding hydrogens is 469 g/mol. The number of anilines is 1. The smallest absolute Gasteiger partial charge is 0.247 e. The summed E-state index contributed by atoms with van der Waals surface area (Å²) < 4.78 is 42.1. The lowest BCUT2D eigenvalue weighted by Gasteiger charge is -2.25. The van der Waals surface area contributed by atoms with Crippen LogP contribution in [0.4, 0.5) is 10.1 Å². The van der Waals surface area contributed by atoms with Crippen LogP contribution < -0.4 is 15.4 Å². The zero-order valence-corrected chi connectivity index (χ0v) is 21.3. The molecule has 0 aliphatic heterocycles. The van der Waals surface area contributed by atoms with Crippen LogP contribution in [0, 0.1) is 11.7 Å². The molecule has 9 heteroatoms. The molecule has 7 nitrogen and oxygen atoms in total. The second kappa shape index (κ2) is 11.3. The minimum Gasteiger partial charge on any atom is -0.344 e. The largest absolute Gasteiger partial charge is 0.344 e. The van der Waals surface area contributed by atoms with Gasteiger partial charge in [-0.3, -0.25) is 9.59 Å². The number of carbonyl (C=O) groups is 2. The number of hydrogen-bond acceptors (Lipinski definition) is 4. The van der Waals surface area contributed by atoms with Gasteiger partial charge in [-0.1, -0.05) is 49.6 Å². The average Bonchev–Trinajstić information content (AvgIpc) is 2.78. The molecule has 2 aromatic rings. The first-order valence-corrected chi connectivity index (χ1v) is 13.4. The van der Waals surface area contributed by atoms with E-state index >= 15 is 0 Å². The number of sulfonamides is 1. The van der Waals surface area contributed by atoms with Gasteiger partial charge in [0, 0.05) is 23.6 Å². The fourth-order valence-corrected chi connectivity index (χ4v) is 5.68. The molecule has 1 atom stereocenters. The lowest BCUT2D eigenvalue weighted by molar-refractivity contribution is -0.130. The summed E-state index contributed by atoms with van der Waals surface area (Å²) in [5.41, 5.74) is 0.198. The van der Waals surface area contributed by atoms with Gasteiger partial charge < -0.3 is 10.6 Å². The maximum Gasteiger partial charge on any atom is 0.247 e. The Balaban J connectivity index is 1.77. The van der Waals surface area contributed by atoms with E-state index in [1.54, 1.807) is 20.8 Å². The molecule has 3 N–H and O–H groups in total. The number of hydrogen-bond donors (Lipinski definition) is 3. The molecule has 2 amide bonds. The van der Waals surface area contributed by atoms with Gasteiger partial charge in [-0.05, 0) is 57.4 Å². The third-order valence-corrected chi connectivity index (χ3v) is 7.61. The van der Waals surface area contributed by atoms with Crippen LogP contribution in [0.25, 0.3) is 0 Å². The summed E-state index contributed by atoms with van der Waals surface area (Å²) in [5.74, 6) is -1.75. The number of carbonyl (C=O) groups excluding carboxylic acids is 2. The van der Waals surface area contributed by atoms with Crippen LogP contribution in [0.5, 0.6) is 0 Å². The monoisotopic (exact) mass is 503 g/mol. The lowest BCUT2D eigenvalue weighted by Crippen LogP contribution is -2.47. The van der Waals surface area contributed by atoms with Crippen LogP contribution in [0.3, 0.4) is 0 Å². The first-order chi connectivity index (χ1) is 16.4. The summed E-state index contributed by atoms with van der Waals surface area (Å²) in [6.07, 6.45) is 4.97. The van der Waals surface area contributed by atoms with Crippen molar-refractivity contribution in [2.75, 3.05) is 5.32 Å². The molecule has 1 saturated carbocycles. The summed E-state index contributed by atoms with van der Waals surface area (Å²) in [4.78, 5) is 25.5. The third-order valence-electron chi connectivity index (χ3n) is 5.82. The molecule has 190 valence electrons. The summed E-state index contributed by atoms with van der Waals surface area (Å²) in [7, 11) is -4.07. The fourth-order valence-electron chi connectivity index (χ4n) is 4.20.